The topological polar surface area (TPSA) is 94.8 Å². The molecule has 0 aliphatic rings. The lowest BCUT2D eigenvalue weighted by Crippen LogP contribution is -2.15. The van der Waals surface area contributed by atoms with Gasteiger partial charge in [0.15, 0.2) is 0 Å². The fourth-order valence-corrected chi connectivity index (χ4v) is 4.62. The van der Waals surface area contributed by atoms with Crippen molar-refractivity contribution in [2.24, 2.45) is 0 Å². The van der Waals surface area contributed by atoms with Crippen molar-refractivity contribution in [2.75, 3.05) is 25.0 Å². The molecule has 0 saturated heterocycles. The Kier molecular flexibility index (Phi) is 6.19. The summed E-state index contributed by atoms with van der Waals surface area (Å²) in [5, 5.41) is 0.479. The number of esters is 1. The van der Waals surface area contributed by atoms with E-state index in [4.69, 9.17) is 13.9 Å². The van der Waals surface area contributed by atoms with E-state index in [-0.39, 0.29) is 23.7 Å². The third-order valence-electron chi connectivity index (χ3n) is 4.92. The molecule has 0 unspecified atom stereocenters. The van der Waals surface area contributed by atoms with Crippen molar-refractivity contribution in [3.8, 4) is 0 Å². The average molecular weight is 432 g/mol. The van der Waals surface area contributed by atoms with Gasteiger partial charge in [0, 0.05) is 18.2 Å². The van der Waals surface area contributed by atoms with Gasteiger partial charge in [-0.05, 0) is 68.7 Å². The molecular formula is C22H25NO6S. The number of hydrogen-bond donors (Lipinski definition) is 1. The fraction of sp³-hybridized carbons (Fsp3) is 0.318. The summed E-state index contributed by atoms with van der Waals surface area (Å²) in [5.74, 6) is -0.147. The van der Waals surface area contributed by atoms with Gasteiger partial charge in [0.2, 0.25) is 0 Å². The summed E-state index contributed by atoms with van der Waals surface area (Å²) in [6.45, 7) is 7.62. The van der Waals surface area contributed by atoms with Gasteiger partial charge in [-0.25, -0.2) is 13.2 Å². The fourth-order valence-electron chi connectivity index (χ4n) is 3.26. The number of hydrogen-bond acceptors (Lipinski definition) is 6. The molecule has 0 aliphatic heterocycles. The second-order valence-electron chi connectivity index (χ2n) is 7.18. The summed E-state index contributed by atoms with van der Waals surface area (Å²) in [5.41, 5.74) is 3.64. The normalized spacial score (nSPS) is 11.6. The largest absolute Gasteiger partial charge is 0.460 e. The van der Waals surface area contributed by atoms with Crippen molar-refractivity contribution in [3.05, 3.63) is 58.3 Å². The molecule has 1 heterocycles. The Labute approximate surface area is 176 Å². The number of carbonyl (C=O) groups is 1. The van der Waals surface area contributed by atoms with Crippen LogP contribution >= 0.6 is 0 Å². The molecule has 8 heteroatoms. The zero-order valence-electron chi connectivity index (χ0n) is 17.7. The van der Waals surface area contributed by atoms with Crippen LogP contribution in [-0.4, -0.2) is 34.7 Å². The van der Waals surface area contributed by atoms with E-state index in [0.717, 1.165) is 11.1 Å². The number of nitrogens with one attached hydrogen (secondary N) is 1. The van der Waals surface area contributed by atoms with Crippen LogP contribution in [0.1, 0.15) is 32.8 Å². The Bertz CT molecular complexity index is 1210. The first-order valence-electron chi connectivity index (χ1n) is 9.44. The smallest absolute Gasteiger partial charge is 0.342 e. The Morgan fingerprint density at radius 1 is 1.00 bits per heavy atom. The third-order valence-corrected chi connectivity index (χ3v) is 6.45. The predicted molar refractivity (Wildman–Crippen MR) is 115 cm³/mol. The van der Waals surface area contributed by atoms with Gasteiger partial charge in [0.25, 0.3) is 10.0 Å². The Morgan fingerprint density at radius 3 is 2.40 bits per heavy atom. The minimum Gasteiger partial charge on any atom is -0.460 e. The quantitative estimate of drug-likeness (QED) is 0.443. The van der Waals surface area contributed by atoms with Gasteiger partial charge < -0.3 is 13.9 Å². The van der Waals surface area contributed by atoms with Crippen LogP contribution < -0.4 is 4.72 Å². The third kappa shape index (κ3) is 4.34. The Hall–Kier alpha value is -2.84. The average Bonchev–Trinajstić information content (AvgIpc) is 2.99. The minimum atomic E-state index is -3.81. The second-order valence-corrected chi connectivity index (χ2v) is 8.83. The molecule has 0 spiro atoms. The van der Waals surface area contributed by atoms with Gasteiger partial charge in [-0.3, -0.25) is 4.72 Å². The maximum atomic E-state index is 13.0. The number of methoxy groups -OCH3 is 1. The van der Waals surface area contributed by atoms with Crippen molar-refractivity contribution in [3.63, 3.8) is 0 Å². The first kappa shape index (κ1) is 21.9. The molecule has 0 amide bonds. The predicted octanol–water partition coefficient (Wildman–Crippen LogP) is 4.27. The van der Waals surface area contributed by atoms with Crippen LogP contribution in [0.5, 0.6) is 0 Å². The lowest BCUT2D eigenvalue weighted by Gasteiger charge is -2.13. The first-order valence-corrected chi connectivity index (χ1v) is 10.9. The highest BCUT2D eigenvalue weighted by molar-refractivity contribution is 7.92. The summed E-state index contributed by atoms with van der Waals surface area (Å²) in [6, 6.07) is 8.30. The van der Waals surface area contributed by atoms with Crippen LogP contribution in [0.15, 0.2) is 39.6 Å². The summed E-state index contributed by atoms with van der Waals surface area (Å²) in [7, 11) is -2.29. The molecule has 0 radical (unpaired) electrons. The molecule has 3 rings (SSSR count). The highest BCUT2D eigenvalue weighted by atomic mass is 32.2. The van der Waals surface area contributed by atoms with E-state index >= 15 is 0 Å². The van der Waals surface area contributed by atoms with Crippen LogP contribution in [0.25, 0.3) is 11.0 Å². The molecule has 0 bridgehead atoms. The maximum absolute atomic E-state index is 13.0. The van der Waals surface area contributed by atoms with E-state index < -0.39 is 16.0 Å². The van der Waals surface area contributed by atoms with Crippen LogP contribution in [0, 0.1) is 27.7 Å². The molecule has 0 saturated carbocycles. The number of rotatable bonds is 7. The first-order chi connectivity index (χ1) is 14.1. The molecule has 3 aromatic rings. The van der Waals surface area contributed by atoms with Crippen molar-refractivity contribution in [1.29, 1.82) is 0 Å². The Balaban J connectivity index is 1.96. The van der Waals surface area contributed by atoms with Crippen molar-refractivity contribution in [1.82, 2.24) is 0 Å². The molecule has 30 heavy (non-hydrogen) atoms. The van der Waals surface area contributed by atoms with Crippen LogP contribution in [0.4, 0.5) is 5.69 Å². The lowest BCUT2D eigenvalue weighted by atomic mass is 10.1. The summed E-state index contributed by atoms with van der Waals surface area (Å²) >= 11 is 0. The molecular weight excluding hydrogens is 406 g/mol. The van der Waals surface area contributed by atoms with Gasteiger partial charge >= 0.3 is 5.97 Å². The van der Waals surface area contributed by atoms with Crippen molar-refractivity contribution < 1.29 is 27.1 Å². The van der Waals surface area contributed by atoms with Crippen LogP contribution in [0.3, 0.4) is 0 Å². The van der Waals surface area contributed by atoms with E-state index in [9.17, 15) is 13.2 Å². The van der Waals surface area contributed by atoms with E-state index in [2.05, 4.69) is 4.72 Å². The van der Waals surface area contributed by atoms with Gasteiger partial charge in [0.05, 0.1) is 11.5 Å². The molecule has 1 aromatic heterocycles. The number of aryl methyl sites for hydroxylation is 4. The SMILES string of the molecule is COCCOC(=O)c1c(C)oc2ccc(NS(=O)(=O)c3cc(C)c(C)cc3C)cc12. The molecule has 1 N–H and O–H groups in total. The number of furan rings is 1. The molecule has 0 aliphatic carbocycles. The van der Waals surface area contributed by atoms with Crippen molar-refractivity contribution in [2.45, 2.75) is 32.6 Å². The van der Waals surface area contributed by atoms with E-state index in [0.29, 0.717) is 28.0 Å². The van der Waals surface area contributed by atoms with Gasteiger partial charge in [-0.15, -0.1) is 0 Å². The number of ether oxygens (including phenoxy) is 2. The monoisotopic (exact) mass is 431 g/mol. The summed E-state index contributed by atoms with van der Waals surface area (Å²) < 4.78 is 44.3. The number of carbonyl (C=O) groups excluding carboxylic acids is 1. The van der Waals surface area contributed by atoms with E-state index in [1.807, 2.05) is 19.9 Å². The molecule has 2 aromatic carbocycles. The zero-order valence-corrected chi connectivity index (χ0v) is 18.5. The number of anilines is 1. The summed E-state index contributed by atoms with van der Waals surface area (Å²) in [4.78, 5) is 12.7. The lowest BCUT2D eigenvalue weighted by molar-refractivity contribution is 0.0388. The molecule has 0 atom stereocenters. The van der Waals surface area contributed by atoms with Crippen molar-refractivity contribution >= 4 is 32.6 Å². The van der Waals surface area contributed by atoms with E-state index in [1.54, 1.807) is 38.1 Å². The molecule has 0 fully saturated rings. The highest BCUT2D eigenvalue weighted by Crippen LogP contribution is 2.30. The zero-order chi connectivity index (χ0) is 22.1. The molecule has 7 nitrogen and oxygen atoms in total. The van der Waals surface area contributed by atoms with E-state index in [1.165, 1.54) is 7.11 Å². The second kappa shape index (κ2) is 8.49. The Morgan fingerprint density at radius 2 is 1.70 bits per heavy atom. The highest BCUT2D eigenvalue weighted by Gasteiger charge is 2.22. The van der Waals surface area contributed by atoms with Gasteiger partial charge in [-0.2, -0.15) is 0 Å². The molecule has 160 valence electrons. The van der Waals surface area contributed by atoms with Gasteiger partial charge in [-0.1, -0.05) is 6.07 Å². The summed E-state index contributed by atoms with van der Waals surface area (Å²) in [6.07, 6.45) is 0. The minimum absolute atomic E-state index is 0.111. The number of sulfonamides is 1. The van der Waals surface area contributed by atoms with Gasteiger partial charge in [0.1, 0.15) is 23.5 Å². The maximum Gasteiger partial charge on any atom is 0.342 e. The number of benzene rings is 2. The van der Waals surface area contributed by atoms with Crippen LogP contribution in [0.2, 0.25) is 0 Å². The number of fused-ring (bicyclic) bond motifs is 1. The van der Waals surface area contributed by atoms with Crippen LogP contribution in [-0.2, 0) is 19.5 Å². The standard InChI is InChI=1S/C22H25NO6S/c1-13-10-15(3)20(11-14(13)2)30(25,26)23-17-6-7-19-18(12-17)21(16(4)29-19)22(24)28-9-8-27-5/h6-7,10-12,23H,8-9H2,1-5H3.